The van der Waals surface area contributed by atoms with Crippen molar-refractivity contribution in [2.24, 2.45) is 5.92 Å². The summed E-state index contributed by atoms with van der Waals surface area (Å²) in [6, 6.07) is 4.09. The lowest BCUT2D eigenvalue weighted by Gasteiger charge is -2.27. The number of fused-ring (bicyclic) bond motifs is 1. The topological polar surface area (TPSA) is 47.4 Å². The molecule has 0 radical (unpaired) electrons. The number of aromatic nitrogens is 2. The summed E-state index contributed by atoms with van der Waals surface area (Å²) in [4.78, 5) is 22.6. The van der Waals surface area contributed by atoms with E-state index in [9.17, 15) is 4.79 Å². The fourth-order valence-electron chi connectivity index (χ4n) is 3.31. The van der Waals surface area contributed by atoms with Crippen LogP contribution in [0, 0.1) is 5.92 Å². The molecule has 1 aliphatic rings. The Morgan fingerprint density at radius 2 is 2.08 bits per heavy atom. The normalized spacial score (nSPS) is 16.0. The van der Waals surface area contributed by atoms with Crippen molar-refractivity contribution in [2.45, 2.75) is 26.9 Å². The summed E-state index contributed by atoms with van der Waals surface area (Å²) in [5, 5.41) is 4.89. The molecule has 0 spiro atoms. The lowest BCUT2D eigenvalue weighted by atomic mass is 10.2. The maximum atomic E-state index is 13.4. The van der Waals surface area contributed by atoms with Crippen LogP contribution in [0.1, 0.15) is 19.7 Å². The molecular weight excluding hydrogens is 366 g/mol. The van der Waals surface area contributed by atoms with E-state index in [-0.39, 0.29) is 5.56 Å². The zero-order valence-electron chi connectivity index (χ0n) is 15.1. The Morgan fingerprint density at radius 3 is 2.77 bits per heavy atom. The standard InChI is InChI=1S/C19H23N3O2S2/c1-13(2)10-22-16(11-21-5-7-24-8-6-21)20-18-17(19(22)23)14(12-26-18)15-4-3-9-25-15/h3-4,9,12-13H,5-8,10-11H2,1-2H3. The van der Waals surface area contributed by atoms with Gasteiger partial charge in [-0.05, 0) is 17.4 Å². The predicted molar refractivity (Wildman–Crippen MR) is 108 cm³/mol. The number of morpholine rings is 1. The second-order valence-corrected chi connectivity index (χ2v) is 8.84. The Bertz CT molecular complexity index is 938. The summed E-state index contributed by atoms with van der Waals surface area (Å²) in [6.07, 6.45) is 0. The third-order valence-electron chi connectivity index (χ3n) is 4.58. The fourth-order valence-corrected chi connectivity index (χ4v) is 5.08. The minimum Gasteiger partial charge on any atom is -0.379 e. The van der Waals surface area contributed by atoms with Gasteiger partial charge in [0.1, 0.15) is 10.7 Å². The number of thiophene rings is 2. The molecule has 3 aromatic rings. The molecule has 4 heterocycles. The summed E-state index contributed by atoms with van der Waals surface area (Å²) in [5.41, 5.74) is 1.12. The maximum Gasteiger partial charge on any atom is 0.262 e. The van der Waals surface area contributed by atoms with Crippen LogP contribution in [0.15, 0.2) is 27.7 Å². The van der Waals surface area contributed by atoms with Crippen molar-refractivity contribution >= 4 is 32.9 Å². The van der Waals surface area contributed by atoms with Gasteiger partial charge in [0.25, 0.3) is 5.56 Å². The van der Waals surface area contributed by atoms with Gasteiger partial charge in [0.2, 0.25) is 0 Å². The summed E-state index contributed by atoms with van der Waals surface area (Å²) < 4.78 is 7.34. The number of hydrogen-bond donors (Lipinski definition) is 0. The van der Waals surface area contributed by atoms with Gasteiger partial charge in [-0.25, -0.2) is 4.98 Å². The van der Waals surface area contributed by atoms with Gasteiger partial charge < -0.3 is 4.74 Å². The van der Waals surface area contributed by atoms with Crippen LogP contribution in [0.4, 0.5) is 0 Å². The van der Waals surface area contributed by atoms with E-state index in [0.717, 1.165) is 52.8 Å². The molecule has 1 fully saturated rings. The smallest absolute Gasteiger partial charge is 0.262 e. The van der Waals surface area contributed by atoms with E-state index < -0.39 is 0 Å². The van der Waals surface area contributed by atoms with Gasteiger partial charge in [0.05, 0.1) is 25.1 Å². The Hall–Kier alpha value is -1.54. The van der Waals surface area contributed by atoms with Crippen molar-refractivity contribution in [3.8, 4) is 10.4 Å². The van der Waals surface area contributed by atoms with Gasteiger partial charge in [-0.15, -0.1) is 22.7 Å². The highest BCUT2D eigenvalue weighted by Gasteiger charge is 2.20. The molecule has 4 rings (SSSR count). The molecule has 1 saturated heterocycles. The molecule has 0 amide bonds. The number of rotatable bonds is 5. The summed E-state index contributed by atoms with van der Waals surface area (Å²) >= 11 is 3.23. The monoisotopic (exact) mass is 389 g/mol. The molecule has 7 heteroatoms. The van der Waals surface area contributed by atoms with Crippen molar-refractivity contribution in [1.82, 2.24) is 14.5 Å². The second kappa shape index (κ2) is 7.60. The highest BCUT2D eigenvalue weighted by atomic mass is 32.1. The van der Waals surface area contributed by atoms with Crippen LogP contribution in [0.2, 0.25) is 0 Å². The maximum absolute atomic E-state index is 13.4. The van der Waals surface area contributed by atoms with Gasteiger partial charge in [-0.2, -0.15) is 0 Å². The van der Waals surface area contributed by atoms with Gasteiger partial charge in [0, 0.05) is 35.5 Å². The second-order valence-electron chi connectivity index (χ2n) is 7.03. The minimum absolute atomic E-state index is 0.0941. The predicted octanol–water partition coefficient (Wildman–Crippen LogP) is 3.67. The first-order valence-corrected chi connectivity index (χ1v) is 10.7. The molecule has 0 atom stereocenters. The molecule has 5 nitrogen and oxygen atoms in total. The molecule has 3 aromatic heterocycles. The lowest BCUT2D eigenvalue weighted by Crippen LogP contribution is -2.38. The Labute approximate surface area is 160 Å². The summed E-state index contributed by atoms with van der Waals surface area (Å²) in [6.45, 7) is 8.96. The summed E-state index contributed by atoms with van der Waals surface area (Å²) in [5.74, 6) is 1.26. The molecule has 1 aliphatic heterocycles. The molecule has 0 unspecified atom stereocenters. The van der Waals surface area contributed by atoms with E-state index in [1.54, 1.807) is 22.7 Å². The highest BCUT2D eigenvalue weighted by molar-refractivity contribution is 7.18. The molecule has 0 aliphatic carbocycles. The Balaban J connectivity index is 1.82. The van der Waals surface area contributed by atoms with Gasteiger partial charge in [-0.1, -0.05) is 19.9 Å². The Kier molecular flexibility index (Phi) is 5.22. The van der Waals surface area contributed by atoms with Crippen LogP contribution in [0.25, 0.3) is 20.7 Å². The molecule has 138 valence electrons. The van der Waals surface area contributed by atoms with Crippen LogP contribution in [-0.2, 0) is 17.8 Å². The van der Waals surface area contributed by atoms with E-state index in [0.29, 0.717) is 19.0 Å². The fraction of sp³-hybridized carbons (Fsp3) is 0.474. The average Bonchev–Trinajstić information content (AvgIpc) is 3.28. The van der Waals surface area contributed by atoms with E-state index in [1.807, 2.05) is 16.0 Å². The highest BCUT2D eigenvalue weighted by Crippen LogP contribution is 2.33. The van der Waals surface area contributed by atoms with Gasteiger partial charge in [-0.3, -0.25) is 14.3 Å². The largest absolute Gasteiger partial charge is 0.379 e. The number of hydrogen-bond acceptors (Lipinski definition) is 6. The van der Waals surface area contributed by atoms with E-state index in [1.165, 1.54) is 0 Å². The van der Waals surface area contributed by atoms with E-state index in [4.69, 9.17) is 9.72 Å². The van der Waals surface area contributed by atoms with Crippen molar-refractivity contribution in [2.75, 3.05) is 26.3 Å². The van der Waals surface area contributed by atoms with Crippen LogP contribution >= 0.6 is 22.7 Å². The van der Waals surface area contributed by atoms with Gasteiger partial charge >= 0.3 is 0 Å². The minimum atomic E-state index is 0.0941. The summed E-state index contributed by atoms with van der Waals surface area (Å²) in [7, 11) is 0. The van der Waals surface area contributed by atoms with Crippen LogP contribution in [0.3, 0.4) is 0 Å². The molecule has 26 heavy (non-hydrogen) atoms. The van der Waals surface area contributed by atoms with Crippen LogP contribution < -0.4 is 5.56 Å². The molecular formula is C19H23N3O2S2. The lowest BCUT2D eigenvalue weighted by molar-refractivity contribution is 0.0323. The van der Waals surface area contributed by atoms with Gasteiger partial charge in [0.15, 0.2) is 0 Å². The molecule has 0 bridgehead atoms. The third kappa shape index (κ3) is 3.49. The zero-order chi connectivity index (χ0) is 18.1. The van der Waals surface area contributed by atoms with Crippen molar-refractivity contribution in [3.05, 3.63) is 39.1 Å². The number of nitrogens with zero attached hydrogens (tertiary/aromatic N) is 3. The average molecular weight is 390 g/mol. The first-order valence-electron chi connectivity index (χ1n) is 8.98. The van der Waals surface area contributed by atoms with E-state index >= 15 is 0 Å². The van der Waals surface area contributed by atoms with Crippen LogP contribution in [-0.4, -0.2) is 40.8 Å². The zero-order valence-corrected chi connectivity index (χ0v) is 16.7. The molecule has 0 saturated carbocycles. The third-order valence-corrected chi connectivity index (χ3v) is 6.35. The van der Waals surface area contributed by atoms with Crippen molar-refractivity contribution in [1.29, 1.82) is 0 Å². The Morgan fingerprint density at radius 1 is 1.27 bits per heavy atom. The van der Waals surface area contributed by atoms with Crippen molar-refractivity contribution < 1.29 is 4.74 Å². The van der Waals surface area contributed by atoms with Crippen molar-refractivity contribution in [3.63, 3.8) is 0 Å². The van der Waals surface area contributed by atoms with Crippen LogP contribution in [0.5, 0.6) is 0 Å². The number of ether oxygens (including phenoxy) is 1. The SMILES string of the molecule is CC(C)Cn1c(CN2CCOCC2)nc2scc(-c3cccs3)c2c1=O. The molecule has 0 aromatic carbocycles. The first-order chi connectivity index (χ1) is 12.6. The van der Waals surface area contributed by atoms with E-state index in [2.05, 4.69) is 30.2 Å². The molecule has 0 N–H and O–H groups in total. The quantitative estimate of drug-likeness (QED) is 0.668. The first kappa shape index (κ1) is 17.9.